The molecule has 1 saturated carbocycles. The van der Waals surface area contributed by atoms with E-state index in [-0.39, 0.29) is 0 Å². The van der Waals surface area contributed by atoms with Crippen LogP contribution in [0.2, 0.25) is 0 Å². The molecule has 0 amide bonds. The van der Waals surface area contributed by atoms with Crippen molar-refractivity contribution in [2.45, 2.75) is 45.2 Å². The van der Waals surface area contributed by atoms with Crippen LogP contribution in [0.1, 0.15) is 38.2 Å². The fourth-order valence-electron chi connectivity index (χ4n) is 4.09. The van der Waals surface area contributed by atoms with Crippen LogP contribution < -0.4 is 4.74 Å². The Morgan fingerprint density at radius 1 is 1.09 bits per heavy atom. The van der Waals surface area contributed by atoms with Gasteiger partial charge < -0.3 is 4.74 Å². The third-order valence-corrected chi connectivity index (χ3v) is 5.42. The Balaban J connectivity index is 1.51. The Labute approximate surface area is 135 Å². The second-order valence-electron chi connectivity index (χ2n) is 7.05. The lowest BCUT2D eigenvalue weighted by atomic mass is 9.86. The highest BCUT2D eigenvalue weighted by Gasteiger charge is 2.27. The highest BCUT2D eigenvalue weighted by molar-refractivity contribution is 5.33. The van der Waals surface area contributed by atoms with Crippen molar-refractivity contribution in [1.29, 1.82) is 0 Å². The molecule has 2 aliphatic rings. The van der Waals surface area contributed by atoms with Crippen molar-refractivity contribution >= 4 is 0 Å². The molecule has 1 aromatic rings. The van der Waals surface area contributed by atoms with E-state index in [1.165, 1.54) is 57.4 Å². The summed E-state index contributed by atoms with van der Waals surface area (Å²) >= 11 is 0. The number of hydrogen-bond donors (Lipinski definition) is 0. The molecule has 0 unspecified atom stereocenters. The molecule has 2 fully saturated rings. The predicted molar refractivity (Wildman–Crippen MR) is 91.3 cm³/mol. The maximum Gasteiger partial charge on any atom is 0.123 e. The van der Waals surface area contributed by atoms with Crippen LogP contribution in [0.5, 0.6) is 5.75 Å². The molecule has 1 saturated heterocycles. The van der Waals surface area contributed by atoms with Crippen molar-refractivity contribution < 1.29 is 4.74 Å². The van der Waals surface area contributed by atoms with Crippen molar-refractivity contribution in [1.82, 2.24) is 9.80 Å². The predicted octanol–water partition coefficient (Wildman–Crippen LogP) is 3.39. The van der Waals surface area contributed by atoms with Crippen LogP contribution in [0.25, 0.3) is 0 Å². The smallest absolute Gasteiger partial charge is 0.123 e. The molecule has 3 rings (SSSR count). The fourth-order valence-corrected chi connectivity index (χ4v) is 4.09. The second-order valence-corrected chi connectivity index (χ2v) is 7.05. The summed E-state index contributed by atoms with van der Waals surface area (Å²) in [6.07, 6.45) is 5.68. The molecule has 22 heavy (non-hydrogen) atoms. The van der Waals surface area contributed by atoms with Crippen molar-refractivity contribution in [3.8, 4) is 5.75 Å². The Morgan fingerprint density at radius 2 is 1.86 bits per heavy atom. The molecule has 122 valence electrons. The summed E-state index contributed by atoms with van der Waals surface area (Å²) < 4.78 is 5.48. The third kappa shape index (κ3) is 3.82. The zero-order valence-corrected chi connectivity index (χ0v) is 14.1. The first kappa shape index (κ1) is 15.8. The van der Waals surface area contributed by atoms with Gasteiger partial charge in [-0.3, -0.25) is 9.80 Å². The van der Waals surface area contributed by atoms with Gasteiger partial charge in [0.15, 0.2) is 0 Å². The molecule has 0 bridgehead atoms. The zero-order chi connectivity index (χ0) is 15.4. The molecular weight excluding hydrogens is 272 g/mol. The first-order valence-electron chi connectivity index (χ1n) is 8.84. The molecule has 3 heteroatoms. The van der Waals surface area contributed by atoms with Gasteiger partial charge in [0.2, 0.25) is 0 Å². The third-order valence-electron chi connectivity index (χ3n) is 5.42. The summed E-state index contributed by atoms with van der Waals surface area (Å²) in [5, 5.41) is 0. The first-order chi connectivity index (χ1) is 10.8. The Morgan fingerprint density at radius 3 is 2.59 bits per heavy atom. The van der Waals surface area contributed by atoms with Gasteiger partial charge in [0.05, 0.1) is 7.11 Å². The van der Waals surface area contributed by atoms with Gasteiger partial charge >= 0.3 is 0 Å². The molecule has 0 aromatic heterocycles. The average Bonchev–Trinajstić information content (AvgIpc) is 2.56. The van der Waals surface area contributed by atoms with Crippen molar-refractivity contribution in [3.63, 3.8) is 0 Å². The van der Waals surface area contributed by atoms with E-state index in [1.54, 1.807) is 7.11 Å². The Bertz CT molecular complexity index is 468. The quantitative estimate of drug-likeness (QED) is 0.848. The van der Waals surface area contributed by atoms with E-state index in [4.69, 9.17) is 4.74 Å². The number of benzene rings is 1. The fraction of sp³-hybridized carbons (Fsp3) is 0.684. The lowest BCUT2D eigenvalue weighted by Gasteiger charge is -2.42. The van der Waals surface area contributed by atoms with E-state index in [0.717, 1.165) is 24.3 Å². The zero-order valence-electron chi connectivity index (χ0n) is 14.1. The summed E-state index contributed by atoms with van der Waals surface area (Å²) in [4.78, 5) is 5.31. The van der Waals surface area contributed by atoms with Crippen molar-refractivity contribution in [2.75, 3.05) is 33.3 Å². The average molecular weight is 302 g/mol. The second kappa shape index (κ2) is 7.47. The highest BCUT2D eigenvalue weighted by atomic mass is 16.5. The van der Waals surface area contributed by atoms with Crippen LogP contribution in [0, 0.1) is 5.92 Å². The number of hydrogen-bond acceptors (Lipinski definition) is 3. The van der Waals surface area contributed by atoms with Crippen LogP contribution in [0.4, 0.5) is 0 Å². The van der Waals surface area contributed by atoms with E-state index in [0.29, 0.717) is 0 Å². The molecule has 0 N–H and O–H groups in total. The molecule has 1 aliphatic carbocycles. The van der Waals surface area contributed by atoms with E-state index in [1.807, 2.05) is 6.07 Å². The standard InChI is InChI=1S/C19H30N2O/c1-16-6-5-8-18(14-16)21-12-10-20(11-13-21)15-17-7-3-4-9-19(17)22-2/h3-4,7,9,16,18H,5-6,8,10-15H2,1-2H3/t16-,18-/m1/s1. The SMILES string of the molecule is COc1ccccc1CN1CCN([C@@H]2CCC[C@@H](C)C2)CC1. The lowest BCUT2D eigenvalue weighted by molar-refractivity contribution is 0.0656. The molecule has 1 heterocycles. The van der Waals surface area contributed by atoms with Gasteiger partial charge in [-0.25, -0.2) is 0 Å². The normalized spacial score (nSPS) is 27.7. The summed E-state index contributed by atoms with van der Waals surface area (Å²) in [6, 6.07) is 9.25. The van der Waals surface area contributed by atoms with Crippen LogP contribution in [0.15, 0.2) is 24.3 Å². The minimum absolute atomic E-state index is 0.845. The van der Waals surface area contributed by atoms with E-state index >= 15 is 0 Å². The lowest BCUT2D eigenvalue weighted by Crippen LogP contribution is -2.50. The molecular formula is C19H30N2O. The van der Waals surface area contributed by atoms with E-state index < -0.39 is 0 Å². The van der Waals surface area contributed by atoms with Gasteiger partial charge in [-0.05, 0) is 24.8 Å². The van der Waals surface area contributed by atoms with Gasteiger partial charge in [0.25, 0.3) is 0 Å². The van der Waals surface area contributed by atoms with E-state index in [2.05, 4.69) is 34.9 Å². The Hall–Kier alpha value is -1.06. The van der Waals surface area contributed by atoms with Crippen molar-refractivity contribution in [3.05, 3.63) is 29.8 Å². The van der Waals surface area contributed by atoms with Crippen LogP contribution in [0.3, 0.4) is 0 Å². The number of methoxy groups -OCH3 is 1. The Kier molecular flexibility index (Phi) is 5.37. The number of nitrogens with zero attached hydrogens (tertiary/aromatic N) is 2. The summed E-state index contributed by atoms with van der Waals surface area (Å²) in [6.45, 7) is 8.26. The molecule has 0 spiro atoms. The van der Waals surface area contributed by atoms with Gasteiger partial charge in [-0.1, -0.05) is 38.0 Å². The van der Waals surface area contributed by atoms with E-state index in [9.17, 15) is 0 Å². The number of ether oxygens (including phenoxy) is 1. The number of para-hydroxylation sites is 1. The van der Waals surface area contributed by atoms with Crippen LogP contribution in [-0.2, 0) is 6.54 Å². The molecule has 0 radical (unpaired) electrons. The van der Waals surface area contributed by atoms with Crippen molar-refractivity contribution in [2.24, 2.45) is 5.92 Å². The minimum atomic E-state index is 0.845. The molecule has 1 aliphatic heterocycles. The van der Waals surface area contributed by atoms with Gasteiger partial charge in [0.1, 0.15) is 5.75 Å². The number of piperazine rings is 1. The monoisotopic (exact) mass is 302 g/mol. The van der Waals surface area contributed by atoms with Crippen LogP contribution in [-0.4, -0.2) is 49.1 Å². The maximum atomic E-state index is 5.48. The first-order valence-corrected chi connectivity index (χ1v) is 8.84. The topological polar surface area (TPSA) is 15.7 Å². The highest BCUT2D eigenvalue weighted by Crippen LogP contribution is 2.28. The van der Waals surface area contributed by atoms with Gasteiger partial charge in [-0.15, -0.1) is 0 Å². The largest absolute Gasteiger partial charge is 0.496 e. The minimum Gasteiger partial charge on any atom is -0.496 e. The van der Waals surface area contributed by atoms with Crippen LogP contribution >= 0.6 is 0 Å². The summed E-state index contributed by atoms with van der Waals surface area (Å²) in [5.74, 6) is 1.94. The maximum absolute atomic E-state index is 5.48. The van der Waals surface area contributed by atoms with Gasteiger partial charge in [0, 0.05) is 44.3 Å². The van der Waals surface area contributed by atoms with Gasteiger partial charge in [-0.2, -0.15) is 0 Å². The summed E-state index contributed by atoms with van der Waals surface area (Å²) in [7, 11) is 1.76. The molecule has 1 aromatic carbocycles. The molecule has 3 nitrogen and oxygen atoms in total. The molecule has 2 atom stereocenters. The number of rotatable bonds is 4. The summed E-state index contributed by atoms with van der Waals surface area (Å²) in [5.41, 5.74) is 1.31.